The molecule has 1 atom stereocenters. The van der Waals surface area contributed by atoms with E-state index in [9.17, 15) is 19.5 Å². The van der Waals surface area contributed by atoms with E-state index in [0.29, 0.717) is 22.4 Å². The number of aliphatic hydroxyl groups is 1. The van der Waals surface area contributed by atoms with Crippen LogP contribution in [0.1, 0.15) is 39.6 Å². The van der Waals surface area contributed by atoms with Gasteiger partial charge in [0.05, 0.1) is 19.6 Å². The molecule has 0 radical (unpaired) electrons. The van der Waals surface area contributed by atoms with E-state index >= 15 is 0 Å². The molecular formula is C24H20O6. The van der Waals surface area contributed by atoms with Crippen molar-refractivity contribution in [1.82, 2.24) is 0 Å². The number of rotatable bonds is 4. The molecule has 2 aromatic carbocycles. The van der Waals surface area contributed by atoms with E-state index in [1.165, 1.54) is 7.11 Å². The topological polar surface area (TPSA) is 89.9 Å². The lowest BCUT2D eigenvalue weighted by atomic mass is 9.69. The van der Waals surface area contributed by atoms with E-state index in [-0.39, 0.29) is 47.1 Å². The average Bonchev–Trinajstić information content (AvgIpc) is 2.77. The lowest BCUT2D eigenvalue weighted by molar-refractivity contribution is -0.138. The van der Waals surface area contributed by atoms with Gasteiger partial charge in [-0.1, -0.05) is 36.4 Å². The quantitative estimate of drug-likeness (QED) is 0.777. The maximum absolute atomic E-state index is 13.4. The van der Waals surface area contributed by atoms with Gasteiger partial charge in [0, 0.05) is 28.7 Å². The van der Waals surface area contributed by atoms with Gasteiger partial charge in [-0.25, -0.2) is 4.79 Å². The molecule has 2 aliphatic rings. The number of allylic oxidation sites excluding steroid dienone is 2. The maximum atomic E-state index is 13.4. The third-order valence-corrected chi connectivity index (χ3v) is 5.41. The first-order valence-electron chi connectivity index (χ1n) is 9.64. The fourth-order valence-corrected chi connectivity index (χ4v) is 4.06. The van der Waals surface area contributed by atoms with Gasteiger partial charge in [0.15, 0.2) is 11.6 Å². The first-order valence-corrected chi connectivity index (χ1v) is 9.64. The van der Waals surface area contributed by atoms with Crippen LogP contribution in [0.4, 0.5) is 0 Å². The number of ether oxygens (including phenoxy) is 2. The summed E-state index contributed by atoms with van der Waals surface area (Å²) >= 11 is 0. The molecule has 4 rings (SSSR count). The number of Topliss-reactive ketones (excluding diaryl/α,β-unsaturated/α-hetero) is 2. The Hall–Kier alpha value is -3.67. The molecule has 0 bridgehead atoms. The minimum Gasteiger partial charge on any atom is -0.511 e. The minimum atomic E-state index is -0.859. The largest absolute Gasteiger partial charge is 0.511 e. The van der Waals surface area contributed by atoms with Gasteiger partial charge in [-0.2, -0.15) is 0 Å². The summed E-state index contributed by atoms with van der Waals surface area (Å²) in [5.74, 6) is -1.82. The van der Waals surface area contributed by atoms with Crippen LogP contribution in [0.5, 0.6) is 5.75 Å². The summed E-state index contributed by atoms with van der Waals surface area (Å²) < 4.78 is 10.3. The number of benzene rings is 2. The number of hydrogen-bond acceptors (Lipinski definition) is 6. The highest BCUT2D eigenvalue weighted by atomic mass is 16.5. The van der Waals surface area contributed by atoms with Crippen LogP contribution in [0.3, 0.4) is 0 Å². The molecule has 0 aromatic heterocycles. The van der Waals surface area contributed by atoms with Crippen LogP contribution < -0.4 is 4.74 Å². The highest BCUT2D eigenvalue weighted by Crippen LogP contribution is 2.45. The van der Waals surface area contributed by atoms with Gasteiger partial charge < -0.3 is 14.6 Å². The number of ketones is 2. The van der Waals surface area contributed by atoms with Crippen molar-refractivity contribution in [3.8, 4) is 5.75 Å². The summed E-state index contributed by atoms with van der Waals surface area (Å²) in [6.07, 6.45) is -0.123. The Morgan fingerprint density at radius 1 is 1.07 bits per heavy atom. The van der Waals surface area contributed by atoms with E-state index in [1.54, 1.807) is 55.5 Å². The predicted molar refractivity (Wildman–Crippen MR) is 109 cm³/mol. The second-order valence-electron chi connectivity index (χ2n) is 7.06. The summed E-state index contributed by atoms with van der Waals surface area (Å²) in [7, 11) is 1.53. The zero-order valence-corrected chi connectivity index (χ0v) is 16.6. The van der Waals surface area contributed by atoms with E-state index in [0.717, 1.165) is 0 Å². The van der Waals surface area contributed by atoms with Gasteiger partial charge in [0.25, 0.3) is 0 Å². The molecule has 0 amide bonds. The number of aliphatic hydroxyl groups excluding tert-OH is 1. The van der Waals surface area contributed by atoms with Crippen molar-refractivity contribution in [2.24, 2.45) is 5.92 Å². The van der Waals surface area contributed by atoms with Crippen molar-refractivity contribution in [3.05, 3.63) is 82.1 Å². The van der Waals surface area contributed by atoms with Gasteiger partial charge in [-0.05, 0) is 24.6 Å². The molecule has 152 valence electrons. The van der Waals surface area contributed by atoms with Crippen molar-refractivity contribution >= 4 is 23.1 Å². The second-order valence-corrected chi connectivity index (χ2v) is 7.06. The standard InChI is InChI=1S/C24H20O6/c1-3-30-24(28)21-18(25)12-17-20(19(21)13-8-10-14(29-2)11-9-13)23(27)16-7-5-4-6-15(16)22(17)26/h4-11,17,25H,3,12H2,1-2H3/t17-/m0/s1. The molecule has 6 heteroatoms. The number of carbonyl (C=O) groups is 3. The average molecular weight is 404 g/mol. The molecular weight excluding hydrogens is 384 g/mol. The van der Waals surface area contributed by atoms with Crippen molar-refractivity contribution in [2.45, 2.75) is 13.3 Å². The number of carbonyl (C=O) groups excluding carboxylic acids is 3. The SMILES string of the molecule is CCOC(=O)C1=C(O)C[C@@H]2C(=O)c3ccccc3C(=O)C2=C1c1ccc(OC)cc1. The summed E-state index contributed by atoms with van der Waals surface area (Å²) in [5.41, 5.74) is 1.52. The number of fused-ring (bicyclic) bond motifs is 2. The minimum absolute atomic E-state index is 0.0752. The first-order chi connectivity index (χ1) is 14.5. The van der Waals surface area contributed by atoms with Gasteiger partial charge >= 0.3 is 5.97 Å². The number of methoxy groups -OCH3 is 1. The van der Waals surface area contributed by atoms with Crippen LogP contribution >= 0.6 is 0 Å². The lowest BCUT2D eigenvalue weighted by Crippen LogP contribution is -2.34. The first kappa shape index (κ1) is 19.6. The molecule has 0 aliphatic heterocycles. The molecule has 6 nitrogen and oxygen atoms in total. The second kappa shape index (κ2) is 7.63. The van der Waals surface area contributed by atoms with Gasteiger partial charge in [-0.15, -0.1) is 0 Å². The lowest BCUT2D eigenvalue weighted by Gasteiger charge is -2.32. The highest BCUT2D eigenvalue weighted by molar-refractivity contribution is 6.29. The van der Waals surface area contributed by atoms with Gasteiger partial charge in [-0.3, -0.25) is 9.59 Å². The van der Waals surface area contributed by atoms with E-state index in [1.807, 2.05) is 0 Å². The molecule has 0 heterocycles. The maximum Gasteiger partial charge on any atom is 0.342 e. The Balaban J connectivity index is 2.00. The van der Waals surface area contributed by atoms with Crippen LogP contribution in [-0.4, -0.2) is 36.4 Å². The van der Waals surface area contributed by atoms with Gasteiger partial charge in [0.2, 0.25) is 0 Å². The Kier molecular flexibility index (Phi) is 4.99. The number of esters is 1. The molecule has 0 unspecified atom stereocenters. The molecule has 1 N–H and O–H groups in total. The summed E-state index contributed by atoms with van der Waals surface area (Å²) in [6, 6.07) is 13.4. The molecule has 2 aromatic rings. The van der Waals surface area contributed by atoms with Crippen molar-refractivity contribution < 1.29 is 29.0 Å². The number of hydrogen-bond donors (Lipinski definition) is 1. The van der Waals surface area contributed by atoms with Crippen LogP contribution in [-0.2, 0) is 9.53 Å². The normalized spacial score (nSPS) is 18.1. The zero-order valence-electron chi connectivity index (χ0n) is 16.6. The molecule has 0 fully saturated rings. The summed E-state index contributed by atoms with van der Waals surface area (Å²) in [6.45, 7) is 1.77. The Labute approximate surface area is 173 Å². The highest BCUT2D eigenvalue weighted by Gasteiger charge is 2.44. The smallest absolute Gasteiger partial charge is 0.342 e. The molecule has 0 saturated heterocycles. The summed E-state index contributed by atoms with van der Waals surface area (Å²) in [5, 5.41) is 10.7. The molecule has 0 saturated carbocycles. The van der Waals surface area contributed by atoms with Crippen LogP contribution in [0, 0.1) is 5.92 Å². The van der Waals surface area contributed by atoms with E-state index < -0.39 is 11.9 Å². The third kappa shape index (κ3) is 3.01. The van der Waals surface area contributed by atoms with Crippen molar-refractivity contribution in [3.63, 3.8) is 0 Å². The van der Waals surface area contributed by atoms with Crippen molar-refractivity contribution in [1.29, 1.82) is 0 Å². The van der Waals surface area contributed by atoms with E-state index in [2.05, 4.69) is 0 Å². The monoisotopic (exact) mass is 404 g/mol. The Bertz CT molecular complexity index is 1120. The van der Waals surface area contributed by atoms with Crippen LogP contribution in [0.25, 0.3) is 5.57 Å². The Morgan fingerprint density at radius 3 is 2.37 bits per heavy atom. The summed E-state index contributed by atoms with van der Waals surface area (Å²) in [4.78, 5) is 39.3. The molecule has 0 spiro atoms. The Morgan fingerprint density at radius 2 is 1.73 bits per heavy atom. The fraction of sp³-hybridized carbons (Fsp3) is 0.208. The zero-order chi connectivity index (χ0) is 21.4. The van der Waals surface area contributed by atoms with E-state index in [4.69, 9.17) is 9.47 Å². The van der Waals surface area contributed by atoms with Crippen LogP contribution in [0.2, 0.25) is 0 Å². The fourth-order valence-electron chi connectivity index (χ4n) is 4.06. The van der Waals surface area contributed by atoms with Gasteiger partial charge in [0.1, 0.15) is 17.1 Å². The molecule has 30 heavy (non-hydrogen) atoms. The third-order valence-electron chi connectivity index (χ3n) is 5.41. The molecule has 2 aliphatic carbocycles. The van der Waals surface area contributed by atoms with Crippen molar-refractivity contribution in [2.75, 3.05) is 13.7 Å². The van der Waals surface area contributed by atoms with Crippen LogP contribution in [0.15, 0.2) is 65.4 Å². The predicted octanol–water partition coefficient (Wildman–Crippen LogP) is 3.92.